The maximum atomic E-state index is 11.3. The third-order valence-corrected chi connectivity index (χ3v) is 1.94. The summed E-state index contributed by atoms with van der Waals surface area (Å²) in [6.45, 7) is 7.63. The Bertz CT molecular complexity index is 479. The third-order valence-electron chi connectivity index (χ3n) is 1.94. The third kappa shape index (κ3) is 5.35. The fourth-order valence-electron chi connectivity index (χ4n) is 1.18. The molecule has 1 heterocycles. The highest BCUT2D eigenvalue weighted by molar-refractivity contribution is 5.68. The molecule has 0 fully saturated rings. The topological polar surface area (TPSA) is 51.2 Å². The average molecular weight is 246 g/mol. The molecule has 0 unspecified atom stereocenters. The highest BCUT2D eigenvalue weighted by Crippen LogP contribution is 2.06. The number of rotatable bonds is 1. The van der Waals surface area contributed by atoms with Crippen LogP contribution in [0.25, 0.3) is 0 Å². The smallest absolute Gasteiger partial charge is 0.408 e. The van der Waals surface area contributed by atoms with Gasteiger partial charge in [0.2, 0.25) is 0 Å². The Kier molecular flexibility index (Phi) is 4.73. The van der Waals surface area contributed by atoms with Crippen molar-refractivity contribution in [3.8, 4) is 11.8 Å². The van der Waals surface area contributed by atoms with E-state index in [-0.39, 0.29) is 6.54 Å². The predicted molar refractivity (Wildman–Crippen MR) is 70.1 cm³/mol. The molecule has 0 bridgehead atoms. The lowest BCUT2D eigenvalue weighted by molar-refractivity contribution is 0.0535. The van der Waals surface area contributed by atoms with Crippen LogP contribution in [0.3, 0.4) is 0 Å². The van der Waals surface area contributed by atoms with Gasteiger partial charge in [0.05, 0.1) is 6.54 Å². The van der Waals surface area contributed by atoms with E-state index in [1.54, 1.807) is 6.20 Å². The van der Waals surface area contributed by atoms with Crippen molar-refractivity contribution in [1.29, 1.82) is 0 Å². The molecule has 0 radical (unpaired) electrons. The van der Waals surface area contributed by atoms with Gasteiger partial charge in [-0.05, 0) is 45.2 Å². The summed E-state index contributed by atoms with van der Waals surface area (Å²) in [6, 6.07) is 3.80. The van der Waals surface area contributed by atoms with E-state index in [1.807, 2.05) is 39.8 Å². The number of nitrogens with zero attached hydrogens (tertiary/aromatic N) is 1. The molecule has 96 valence electrons. The zero-order valence-corrected chi connectivity index (χ0v) is 11.2. The number of carbonyl (C=O) groups excluding carboxylic acids is 1. The van der Waals surface area contributed by atoms with Crippen molar-refractivity contribution < 1.29 is 9.53 Å². The van der Waals surface area contributed by atoms with Crippen molar-refractivity contribution in [3.05, 3.63) is 29.6 Å². The van der Waals surface area contributed by atoms with Crippen LogP contribution < -0.4 is 5.32 Å². The quantitative estimate of drug-likeness (QED) is 0.773. The van der Waals surface area contributed by atoms with Gasteiger partial charge in [-0.25, -0.2) is 9.78 Å². The van der Waals surface area contributed by atoms with Crippen LogP contribution in [0.1, 0.15) is 32.0 Å². The molecule has 1 aromatic heterocycles. The molecule has 0 aliphatic rings. The number of amides is 1. The molecule has 0 spiro atoms. The van der Waals surface area contributed by atoms with Gasteiger partial charge in [-0.1, -0.05) is 12.0 Å². The Balaban J connectivity index is 2.44. The van der Waals surface area contributed by atoms with Gasteiger partial charge in [0, 0.05) is 6.20 Å². The summed E-state index contributed by atoms with van der Waals surface area (Å²) in [5, 5.41) is 2.57. The van der Waals surface area contributed by atoms with Gasteiger partial charge in [0.15, 0.2) is 0 Å². The lowest BCUT2D eigenvalue weighted by Crippen LogP contribution is -2.32. The van der Waals surface area contributed by atoms with Crippen molar-refractivity contribution in [2.45, 2.75) is 33.3 Å². The van der Waals surface area contributed by atoms with Crippen molar-refractivity contribution in [1.82, 2.24) is 10.3 Å². The van der Waals surface area contributed by atoms with Gasteiger partial charge in [-0.15, -0.1) is 0 Å². The first-order chi connectivity index (χ1) is 8.38. The van der Waals surface area contributed by atoms with Crippen LogP contribution in [0.5, 0.6) is 0 Å². The Morgan fingerprint density at radius 2 is 2.22 bits per heavy atom. The second kappa shape index (κ2) is 6.06. The highest BCUT2D eigenvalue weighted by Gasteiger charge is 2.14. The van der Waals surface area contributed by atoms with E-state index in [0.717, 1.165) is 11.3 Å². The average Bonchev–Trinajstić information content (AvgIpc) is 2.24. The molecule has 4 heteroatoms. The first kappa shape index (κ1) is 14.0. The predicted octanol–water partition coefficient (Wildman–Crippen LogP) is 2.27. The number of pyridine rings is 1. The van der Waals surface area contributed by atoms with Crippen LogP contribution in [0.15, 0.2) is 18.3 Å². The molecular formula is C14H18N2O2. The summed E-state index contributed by atoms with van der Waals surface area (Å²) >= 11 is 0. The van der Waals surface area contributed by atoms with E-state index in [4.69, 9.17) is 4.74 Å². The monoisotopic (exact) mass is 246 g/mol. The molecule has 1 amide bonds. The van der Waals surface area contributed by atoms with E-state index in [9.17, 15) is 4.79 Å². The molecule has 1 aromatic rings. The number of nitrogens with one attached hydrogen (secondary N) is 1. The lowest BCUT2D eigenvalue weighted by Gasteiger charge is -2.18. The van der Waals surface area contributed by atoms with Gasteiger partial charge in [0.1, 0.15) is 11.3 Å². The second-order valence-electron chi connectivity index (χ2n) is 4.83. The van der Waals surface area contributed by atoms with E-state index >= 15 is 0 Å². The van der Waals surface area contributed by atoms with Crippen molar-refractivity contribution in [2.75, 3.05) is 6.54 Å². The van der Waals surface area contributed by atoms with E-state index in [1.165, 1.54) is 0 Å². The maximum Gasteiger partial charge on any atom is 0.408 e. The SMILES string of the molecule is Cc1cccnc1C#CCNC(=O)OC(C)(C)C. The molecule has 1 N–H and O–H groups in total. The van der Waals surface area contributed by atoms with Crippen molar-refractivity contribution in [3.63, 3.8) is 0 Å². The van der Waals surface area contributed by atoms with E-state index < -0.39 is 11.7 Å². The molecule has 4 nitrogen and oxygen atoms in total. The zero-order valence-electron chi connectivity index (χ0n) is 11.2. The summed E-state index contributed by atoms with van der Waals surface area (Å²) in [6.07, 6.45) is 1.23. The normalized spacial score (nSPS) is 10.2. The highest BCUT2D eigenvalue weighted by atomic mass is 16.6. The van der Waals surface area contributed by atoms with Gasteiger partial charge in [-0.2, -0.15) is 0 Å². The first-order valence-electron chi connectivity index (χ1n) is 5.76. The molecule has 0 aliphatic heterocycles. The Labute approximate surface area is 108 Å². The lowest BCUT2D eigenvalue weighted by atomic mass is 10.2. The standard InChI is InChI=1S/C14H18N2O2/c1-11-7-5-9-15-12(11)8-6-10-16-13(17)18-14(2,3)4/h5,7,9H,10H2,1-4H3,(H,16,17). The Morgan fingerprint density at radius 3 is 2.83 bits per heavy atom. The Morgan fingerprint density at radius 1 is 1.50 bits per heavy atom. The summed E-state index contributed by atoms with van der Waals surface area (Å²) in [4.78, 5) is 15.5. The summed E-state index contributed by atoms with van der Waals surface area (Å²) in [7, 11) is 0. The molecule has 0 atom stereocenters. The van der Waals surface area contributed by atoms with Gasteiger partial charge < -0.3 is 10.1 Å². The summed E-state index contributed by atoms with van der Waals surface area (Å²) in [5.74, 6) is 5.73. The van der Waals surface area contributed by atoms with Crippen LogP contribution >= 0.6 is 0 Å². The zero-order chi connectivity index (χ0) is 13.6. The molecule has 0 saturated heterocycles. The maximum absolute atomic E-state index is 11.3. The molecule has 0 saturated carbocycles. The van der Waals surface area contributed by atoms with Gasteiger partial charge in [-0.3, -0.25) is 0 Å². The van der Waals surface area contributed by atoms with Gasteiger partial charge in [0.25, 0.3) is 0 Å². The minimum atomic E-state index is -0.491. The van der Waals surface area contributed by atoms with Crippen molar-refractivity contribution >= 4 is 6.09 Å². The number of ether oxygens (including phenoxy) is 1. The van der Waals surface area contributed by atoms with Crippen LogP contribution in [0.2, 0.25) is 0 Å². The molecule has 0 aliphatic carbocycles. The van der Waals surface area contributed by atoms with Crippen LogP contribution in [-0.4, -0.2) is 23.2 Å². The van der Waals surface area contributed by atoms with Gasteiger partial charge >= 0.3 is 6.09 Å². The van der Waals surface area contributed by atoms with E-state index in [0.29, 0.717) is 0 Å². The fraction of sp³-hybridized carbons (Fsp3) is 0.429. The fourth-order valence-corrected chi connectivity index (χ4v) is 1.18. The molecule has 0 aromatic carbocycles. The Hall–Kier alpha value is -2.02. The molecule has 1 rings (SSSR count). The van der Waals surface area contributed by atoms with Crippen molar-refractivity contribution in [2.24, 2.45) is 0 Å². The minimum Gasteiger partial charge on any atom is -0.444 e. The number of aromatic nitrogens is 1. The van der Waals surface area contributed by atoms with Crippen LogP contribution in [0, 0.1) is 18.8 Å². The molecule has 18 heavy (non-hydrogen) atoms. The molecular weight excluding hydrogens is 228 g/mol. The minimum absolute atomic E-state index is 0.241. The van der Waals surface area contributed by atoms with E-state index in [2.05, 4.69) is 22.1 Å². The van der Waals surface area contributed by atoms with Crippen LogP contribution in [-0.2, 0) is 4.74 Å². The summed E-state index contributed by atoms with van der Waals surface area (Å²) in [5.41, 5.74) is 1.25. The van der Waals surface area contributed by atoms with Crippen LogP contribution in [0.4, 0.5) is 4.79 Å². The number of hydrogen-bond acceptors (Lipinski definition) is 3. The number of carbonyl (C=O) groups is 1. The first-order valence-corrected chi connectivity index (χ1v) is 5.76. The second-order valence-corrected chi connectivity index (χ2v) is 4.83. The summed E-state index contributed by atoms with van der Waals surface area (Å²) < 4.78 is 5.08. The number of hydrogen-bond donors (Lipinski definition) is 1. The number of aryl methyl sites for hydroxylation is 1. The number of alkyl carbamates (subject to hydrolysis) is 1. The largest absolute Gasteiger partial charge is 0.444 e.